The zero-order valence-corrected chi connectivity index (χ0v) is 52.9. The lowest BCUT2D eigenvalue weighted by molar-refractivity contribution is -0.310. The molecule has 9 atom stereocenters. The van der Waals surface area contributed by atoms with Crippen molar-refractivity contribution in [3.63, 3.8) is 0 Å². The van der Waals surface area contributed by atoms with Gasteiger partial charge in [0, 0.05) is 61.7 Å². The van der Waals surface area contributed by atoms with Gasteiger partial charge in [0.25, 0.3) is 12.2 Å². The van der Waals surface area contributed by atoms with Gasteiger partial charge in [-0.1, -0.05) is 48.7 Å². The minimum absolute atomic E-state index is 0.0112. The molecule has 6 amide bonds. The van der Waals surface area contributed by atoms with Crippen molar-refractivity contribution in [1.29, 1.82) is 0 Å². The largest absolute Gasteiger partial charge is 0.477 e. The van der Waals surface area contributed by atoms with Gasteiger partial charge >= 0.3 is 12.0 Å². The second-order valence-corrected chi connectivity index (χ2v) is 23.2. The lowest BCUT2D eigenvalue weighted by Gasteiger charge is -2.46. The Morgan fingerprint density at radius 3 is 1.90 bits per heavy atom. The second kappa shape index (κ2) is 45.1. The monoisotopic (exact) mass is 1340 g/mol. The van der Waals surface area contributed by atoms with Crippen LogP contribution in [-0.2, 0) is 90.7 Å². The minimum Gasteiger partial charge on any atom is -0.477 e. The molecule has 522 valence electrons. The highest BCUT2D eigenvalue weighted by Gasteiger charge is 2.56. The Morgan fingerprint density at radius 1 is 0.707 bits per heavy atom. The molecule has 92 heavy (non-hydrogen) atoms. The van der Waals surface area contributed by atoms with E-state index in [9.17, 15) is 63.1 Å². The average molecular weight is 1340 g/mol. The third-order valence-corrected chi connectivity index (χ3v) is 16.4. The molecule has 5 rings (SSSR count). The summed E-state index contributed by atoms with van der Waals surface area (Å²) in [5.41, 5.74) is 0.943. The summed E-state index contributed by atoms with van der Waals surface area (Å²) < 4.78 is 83.2. The molecule has 4 heterocycles. The number of alkyl halides is 2. The van der Waals surface area contributed by atoms with E-state index in [1.807, 2.05) is 18.0 Å². The summed E-state index contributed by atoms with van der Waals surface area (Å²) in [4.78, 5) is 73.1. The maximum Gasteiger partial charge on any atom is 0.364 e. The minimum atomic E-state index is -2.69. The molecule has 0 radical (unpaired) electrons. The van der Waals surface area contributed by atoms with Crippen molar-refractivity contribution in [2.24, 2.45) is 0 Å². The number of carboxylic acid groups (broad SMARTS) is 1. The molecular formula is C59H95F2N9O21S. The van der Waals surface area contributed by atoms with Crippen LogP contribution in [0.4, 0.5) is 13.6 Å². The molecule has 0 bridgehead atoms. The zero-order chi connectivity index (χ0) is 66.2. The average Bonchev–Trinajstić information content (AvgIpc) is 1.09. The fraction of sp³-hybridized carbons (Fsp3) is 0.763. The number of fused-ring (bicyclic) bond motifs is 1. The molecule has 2 aromatic rings. The Labute approximate surface area is 538 Å². The molecule has 0 unspecified atom stereocenters. The smallest absolute Gasteiger partial charge is 0.364 e. The summed E-state index contributed by atoms with van der Waals surface area (Å²) in [5, 5.41) is 77.7. The van der Waals surface area contributed by atoms with Crippen LogP contribution in [0.5, 0.6) is 0 Å². The van der Waals surface area contributed by atoms with Crippen molar-refractivity contribution in [1.82, 2.24) is 46.9 Å². The van der Waals surface area contributed by atoms with Gasteiger partial charge < -0.3 is 105 Å². The number of aliphatic hydroxyl groups excluding tert-OH is 4. The van der Waals surface area contributed by atoms with Gasteiger partial charge in [0.05, 0.1) is 161 Å². The predicted octanol–water partition coefficient (Wildman–Crippen LogP) is -0.695. The Kier molecular flexibility index (Phi) is 37.9. The highest BCUT2D eigenvalue weighted by atomic mass is 32.2. The number of carbonyl (C=O) groups is 6. The van der Waals surface area contributed by atoms with Crippen LogP contribution in [0.2, 0.25) is 0 Å². The first-order chi connectivity index (χ1) is 44.6. The van der Waals surface area contributed by atoms with Crippen molar-refractivity contribution in [2.45, 2.75) is 144 Å². The fourth-order valence-corrected chi connectivity index (χ4v) is 11.5. The topological polar surface area (TPSA) is 399 Å². The van der Waals surface area contributed by atoms with Crippen LogP contribution in [0.15, 0.2) is 30.5 Å². The maximum absolute atomic E-state index is 12.9. The van der Waals surface area contributed by atoms with Crippen molar-refractivity contribution in [3.05, 3.63) is 47.3 Å². The van der Waals surface area contributed by atoms with E-state index in [2.05, 4.69) is 42.2 Å². The number of hydrogen-bond acceptors (Lipinski definition) is 23. The van der Waals surface area contributed by atoms with E-state index >= 15 is 0 Å². The van der Waals surface area contributed by atoms with Gasteiger partial charge in [0.1, 0.15) is 18.8 Å². The number of unbranched alkanes of at least 4 members (excludes halogenated alkanes) is 4. The number of aliphatic hydroxyl groups is 4. The zero-order valence-electron chi connectivity index (χ0n) is 52.1. The van der Waals surface area contributed by atoms with Crippen LogP contribution in [0.25, 0.3) is 0 Å². The summed E-state index contributed by atoms with van der Waals surface area (Å²) in [6, 6.07) is 3.85. The number of aromatic nitrogens is 3. The number of nitrogens with one attached hydrogen (secondary N) is 6. The number of nitrogens with zero attached hydrogens (tertiary/aromatic N) is 3. The Bertz CT molecular complexity index is 2430. The summed E-state index contributed by atoms with van der Waals surface area (Å²) >= 11 is 1.88. The first-order valence-corrected chi connectivity index (χ1v) is 32.5. The van der Waals surface area contributed by atoms with Gasteiger partial charge in [-0.3, -0.25) is 19.2 Å². The fourth-order valence-electron chi connectivity index (χ4n) is 9.92. The van der Waals surface area contributed by atoms with Crippen molar-refractivity contribution in [3.8, 4) is 0 Å². The van der Waals surface area contributed by atoms with Crippen LogP contribution in [0.1, 0.15) is 87.5 Å². The van der Waals surface area contributed by atoms with Gasteiger partial charge in [-0.05, 0) is 37.7 Å². The third-order valence-electron chi connectivity index (χ3n) is 14.8. The number of thioether (sulfide) groups is 1. The number of aliphatic carboxylic acids is 1. The van der Waals surface area contributed by atoms with Crippen molar-refractivity contribution < 1.29 is 110 Å². The lowest BCUT2D eigenvalue weighted by Crippen LogP contribution is -2.68. The van der Waals surface area contributed by atoms with E-state index in [0.29, 0.717) is 162 Å². The molecule has 33 heteroatoms. The summed E-state index contributed by atoms with van der Waals surface area (Å²) in [7, 11) is 0. The number of urea groups is 1. The maximum atomic E-state index is 12.9. The van der Waals surface area contributed by atoms with Crippen molar-refractivity contribution in [2.75, 3.05) is 144 Å². The molecule has 0 saturated carbocycles. The number of benzene rings is 1. The Balaban J connectivity index is 0.757. The van der Waals surface area contributed by atoms with E-state index in [-0.39, 0.29) is 61.5 Å². The number of carboxylic acids is 1. The third kappa shape index (κ3) is 30.4. The Hall–Kier alpha value is -5.37. The van der Waals surface area contributed by atoms with E-state index < -0.39 is 80.0 Å². The molecule has 30 nitrogen and oxygen atoms in total. The normalized spacial score (nSPS) is 20.9. The standard InChI is InChI=1S/C59H95F2N9O21S/c60-56(61)42-12-10-41(11-13-42)35-50(76)64-37-46(73)54(78)55-53(66-51(77)39-71)45(72)36-59(91-55,57(79)80)90-18-6-2-1-3-7-43-38-70(69-68-43)17-22-85-26-30-89-34-33-88-29-25-84-21-16-63-49(75)14-19-82-23-27-86-31-32-87-28-24-83-20-15-62-48(74)9-5-4-8-47-52-44(40-92-47)65-58(81)67-52/h10-13,38,44-47,52-56,71-73,78H,1-9,14-37,39-40H2,(H,62,74)(H,63,75)(H,64,76)(H,66,77)(H,79,80)(H2,65,67,81)/t44-,45+,46-,47-,52-,53-,54-,55-,59-/m1/s1. The number of amides is 6. The number of rotatable bonds is 53. The first-order valence-electron chi connectivity index (χ1n) is 31.4. The number of ether oxygens (including phenoxy) is 10. The van der Waals surface area contributed by atoms with E-state index in [1.165, 1.54) is 24.3 Å². The molecule has 1 aromatic heterocycles. The first kappa shape index (κ1) is 77.3. The number of halogens is 2. The van der Waals surface area contributed by atoms with Gasteiger partial charge in [-0.2, -0.15) is 11.8 Å². The van der Waals surface area contributed by atoms with E-state index in [0.717, 1.165) is 37.1 Å². The van der Waals surface area contributed by atoms with Crippen LogP contribution >= 0.6 is 11.8 Å². The van der Waals surface area contributed by atoms with Gasteiger partial charge in [0.2, 0.25) is 23.6 Å². The molecular weight excluding hydrogens is 1240 g/mol. The summed E-state index contributed by atoms with van der Waals surface area (Å²) in [6.45, 7) is 5.56. The van der Waals surface area contributed by atoms with Crippen LogP contribution in [0, 0.1) is 0 Å². The van der Waals surface area contributed by atoms with Gasteiger partial charge in [0.15, 0.2) is 0 Å². The summed E-state index contributed by atoms with van der Waals surface area (Å²) in [6.07, 6.45) is -2.63. The molecule has 3 aliphatic rings. The SMILES string of the molecule is O=C(CCCC[C@H]1SC[C@H]2NC(=O)N[C@H]21)NCCOCCOCCOCCOCCC(=O)NCCOCCOCCOCCOCCn1cc(CCCCCCO[C@]2(C(=O)O)C[C@H](O)[C@@H](NC(=O)CO)[C@H]([C@H](O)[C@H](O)CNC(=O)Cc3ccc(C(F)F)cc3)O2)nn1. The van der Waals surface area contributed by atoms with E-state index in [4.69, 9.17) is 47.4 Å². The highest BCUT2D eigenvalue weighted by Crippen LogP contribution is 2.35. The molecule has 1 aromatic carbocycles. The number of carbonyl (C=O) groups excluding carboxylic acids is 5. The molecule has 3 aliphatic heterocycles. The molecule has 0 aliphatic carbocycles. The van der Waals surface area contributed by atoms with Gasteiger partial charge in [-0.15, -0.1) is 5.10 Å². The van der Waals surface area contributed by atoms with E-state index in [1.54, 1.807) is 4.68 Å². The molecule has 0 spiro atoms. The van der Waals surface area contributed by atoms with Crippen LogP contribution < -0.4 is 31.9 Å². The highest BCUT2D eigenvalue weighted by molar-refractivity contribution is 8.00. The molecule has 11 N–H and O–H groups in total. The molecule has 3 fully saturated rings. The Morgan fingerprint density at radius 2 is 1.29 bits per heavy atom. The van der Waals surface area contributed by atoms with Crippen LogP contribution in [-0.4, -0.2) is 274 Å². The predicted molar refractivity (Wildman–Crippen MR) is 324 cm³/mol. The van der Waals surface area contributed by atoms with Crippen LogP contribution in [0.3, 0.4) is 0 Å². The summed E-state index contributed by atoms with van der Waals surface area (Å²) in [5.74, 6) is -4.97. The second-order valence-electron chi connectivity index (χ2n) is 21.9. The number of hydrogen-bond donors (Lipinski definition) is 11. The molecule has 3 saturated heterocycles. The quantitative estimate of drug-likeness (QED) is 0.0288. The van der Waals surface area contributed by atoms with Crippen molar-refractivity contribution >= 4 is 47.4 Å². The lowest BCUT2D eigenvalue weighted by atomic mass is 9.88. The van der Waals surface area contributed by atoms with Gasteiger partial charge in [-0.25, -0.2) is 23.1 Å². The number of aryl methyl sites for hydroxylation is 1.